The molecular formula is C17H24N4O3. The summed E-state index contributed by atoms with van der Waals surface area (Å²) >= 11 is 0. The summed E-state index contributed by atoms with van der Waals surface area (Å²) in [7, 11) is 1.57. The monoisotopic (exact) mass is 332 g/mol. The van der Waals surface area contributed by atoms with Crippen LogP contribution in [0.3, 0.4) is 0 Å². The van der Waals surface area contributed by atoms with E-state index < -0.39 is 6.09 Å². The second-order valence-electron chi connectivity index (χ2n) is 5.99. The van der Waals surface area contributed by atoms with Gasteiger partial charge in [-0.1, -0.05) is 19.4 Å². The highest BCUT2D eigenvalue weighted by Gasteiger charge is 2.13. The van der Waals surface area contributed by atoms with Crippen LogP contribution in [0.25, 0.3) is 16.7 Å². The van der Waals surface area contributed by atoms with Gasteiger partial charge in [0.15, 0.2) is 0 Å². The van der Waals surface area contributed by atoms with Gasteiger partial charge in [-0.2, -0.15) is 0 Å². The van der Waals surface area contributed by atoms with E-state index in [9.17, 15) is 9.59 Å². The second kappa shape index (κ2) is 7.81. The van der Waals surface area contributed by atoms with E-state index in [-0.39, 0.29) is 5.69 Å². The minimum Gasteiger partial charge on any atom is -0.465 e. The fraction of sp³-hybridized carbons (Fsp3) is 0.471. The number of imidazole rings is 1. The maximum Gasteiger partial charge on any atom is 0.407 e. The van der Waals surface area contributed by atoms with Gasteiger partial charge in [0, 0.05) is 32.0 Å². The molecular weight excluding hydrogens is 308 g/mol. The number of allylic oxidation sites excluding steroid dienone is 1. The standard InChI is InChI=1S/C17H24N4O3/c1-13(2)21-14-8-9-18-12-15(14)20(16(21)22)11-7-5-4-6-10-19(3)17(23)24/h8-9,12H,1,4-7,10-11H2,2-3H3,(H,23,24). The van der Waals surface area contributed by atoms with Crippen LogP contribution < -0.4 is 5.69 Å². The lowest BCUT2D eigenvalue weighted by Gasteiger charge is -2.12. The normalized spacial score (nSPS) is 10.9. The van der Waals surface area contributed by atoms with Crippen molar-refractivity contribution >= 4 is 22.8 Å². The van der Waals surface area contributed by atoms with Crippen LogP contribution in [0.5, 0.6) is 0 Å². The van der Waals surface area contributed by atoms with Crippen LogP contribution in [0.15, 0.2) is 29.8 Å². The SMILES string of the molecule is C=C(C)n1c(=O)n(CCCCCCN(C)C(=O)O)c2cnccc21. The molecule has 0 radical (unpaired) electrons. The van der Waals surface area contributed by atoms with Crippen molar-refractivity contribution in [3.8, 4) is 0 Å². The van der Waals surface area contributed by atoms with Crippen molar-refractivity contribution < 1.29 is 9.90 Å². The molecule has 0 aliphatic rings. The Morgan fingerprint density at radius 2 is 2.00 bits per heavy atom. The molecule has 7 nitrogen and oxygen atoms in total. The van der Waals surface area contributed by atoms with Gasteiger partial charge < -0.3 is 10.0 Å². The number of aryl methyl sites for hydroxylation is 1. The minimum atomic E-state index is -0.901. The number of carboxylic acid groups (broad SMARTS) is 1. The fourth-order valence-electron chi connectivity index (χ4n) is 2.76. The van der Waals surface area contributed by atoms with Crippen LogP contribution in [-0.2, 0) is 6.54 Å². The van der Waals surface area contributed by atoms with Crippen molar-refractivity contribution in [3.05, 3.63) is 35.5 Å². The van der Waals surface area contributed by atoms with Gasteiger partial charge in [-0.25, -0.2) is 9.59 Å². The molecule has 2 rings (SSSR count). The van der Waals surface area contributed by atoms with Crippen LogP contribution in [0.4, 0.5) is 4.79 Å². The molecule has 0 saturated heterocycles. The summed E-state index contributed by atoms with van der Waals surface area (Å²) in [6, 6.07) is 1.82. The average Bonchev–Trinajstić information content (AvgIpc) is 2.82. The zero-order valence-corrected chi connectivity index (χ0v) is 14.2. The highest BCUT2D eigenvalue weighted by Crippen LogP contribution is 2.15. The van der Waals surface area contributed by atoms with Crippen LogP contribution in [0.1, 0.15) is 32.6 Å². The first-order valence-corrected chi connectivity index (χ1v) is 8.08. The Morgan fingerprint density at radius 3 is 2.67 bits per heavy atom. The molecule has 0 aromatic carbocycles. The van der Waals surface area contributed by atoms with Crippen LogP contribution in [-0.4, -0.2) is 43.8 Å². The van der Waals surface area contributed by atoms with Gasteiger partial charge in [-0.3, -0.25) is 14.1 Å². The van der Waals surface area contributed by atoms with Crippen molar-refractivity contribution in [3.63, 3.8) is 0 Å². The van der Waals surface area contributed by atoms with Crippen LogP contribution in [0, 0.1) is 0 Å². The topological polar surface area (TPSA) is 80.4 Å². The third kappa shape index (κ3) is 3.84. The molecule has 2 aromatic rings. The van der Waals surface area contributed by atoms with Gasteiger partial charge in [-0.05, 0) is 25.8 Å². The summed E-state index contributed by atoms with van der Waals surface area (Å²) in [5.41, 5.74) is 2.24. The first-order valence-electron chi connectivity index (χ1n) is 8.08. The van der Waals surface area contributed by atoms with Crippen LogP contribution in [0.2, 0.25) is 0 Å². The van der Waals surface area contributed by atoms with Crippen molar-refractivity contribution in [2.24, 2.45) is 0 Å². The molecule has 0 aliphatic heterocycles. The number of carbonyl (C=O) groups is 1. The predicted octanol–water partition coefficient (Wildman–Crippen LogP) is 2.86. The summed E-state index contributed by atoms with van der Waals surface area (Å²) in [6.07, 6.45) is 6.04. The van der Waals surface area contributed by atoms with Gasteiger partial charge in [0.1, 0.15) is 0 Å². The summed E-state index contributed by atoms with van der Waals surface area (Å²) in [4.78, 5) is 28.7. The number of unbranched alkanes of at least 4 members (excludes halogenated alkanes) is 3. The molecule has 2 aromatic heterocycles. The Morgan fingerprint density at radius 1 is 1.29 bits per heavy atom. The Kier molecular flexibility index (Phi) is 5.78. The zero-order valence-electron chi connectivity index (χ0n) is 14.2. The number of amides is 1. The minimum absolute atomic E-state index is 0.0869. The van der Waals surface area contributed by atoms with E-state index in [2.05, 4.69) is 11.6 Å². The van der Waals surface area contributed by atoms with Gasteiger partial charge in [0.2, 0.25) is 0 Å². The van der Waals surface area contributed by atoms with E-state index in [0.29, 0.717) is 18.8 Å². The molecule has 0 atom stereocenters. The third-order valence-corrected chi connectivity index (χ3v) is 4.07. The Balaban J connectivity index is 1.96. The summed E-state index contributed by atoms with van der Waals surface area (Å²) in [5, 5.41) is 8.78. The number of fused-ring (bicyclic) bond motifs is 1. The lowest BCUT2D eigenvalue weighted by Crippen LogP contribution is -2.25. The van der Waals surface area contributed by atoms with E-state index in [1.54, 1.807) is 28.6 Å². The number of hydrogen-bond acceptors (Lipinski definition) is 3. The van der Waals surface area contributed by atoms with Gasteiger partial charge in [0.25, 0.3) is 0 Å². The Labute approximate surface area is 140 Å². The smallest absolute Gasteiger partial charge is 0.407 e. The van der Waals surface area contributed by atoms with Crippen molar-refractivity contribution in [2.45, 2.75) is 39.2 Å². The quantitative estimate of drug-likeness (QED) is 0.754. The third-order valence-electron chi connectivity index (χ3n) is 4.07. The molecule has 1 amide bonds. The largest absolute Gasteiger partial charge is 0.465 e. The van der Waals surface area contributed by atoms with Crippen molar-refractivity contribution in [1.29, 1.82) is 0 Å². The molecule has 7 heteroatoms. The first kappa shape index (κ1) is 17.8. The molecule has 0 spiro atoms. The second-order valence-corrected chi connectivity index (χ2v) is 5.99. The number of rotatable bonds is 8. The highest BCUT2D eigenvalue weighted by atomic mass is 16.4. The molecule has 24 heavy (non-hydrogen) atoms. The molecule has 130 valence electrons. The summed E-state index contributed by atoms with van der Waals surface area (Å²) in [5.74, 6) is 0. The molecule has 0 fully saturated rings. The Hall–Kier alpha value is -2.57. The van der Waals surface area contributed by atoms with E-state index >= 15 is 0 Å². The molecule has 0 aliphatic carbocycles. The average molecular weight is 332 g/mol. The highest BCUT2D eigenvalue weighted by molar-refractivity contribution is 5.78. The molecule has 2 heterocycles. The van der Waals surface area contributed by atoms with Crippen molar-refractivity contribution in [2.75, 3.05) is 13.6 Å². The van der Waals surface area contributed by atoms with E-state index in [1.165, 1.54) is 4.90 Å². The number of hydrogen-bond donors (Lipinski definition) is 1. The van der Waals surface area contributed by atoms with Gasteiger partial charge >= 0.3 is 11.8 Å². The number of pyridine rings is 1. The molecule has 0 unspecified atom stereocenters. The lowest BCUT2D eigenvalue weighted by molar-refractivity contribution is 0.155. The van der Waals surface area contributed by atoms with Gasteiger partial charge in [-0.15, -0.1) is 0 Å². The Bertz CT molecular complexity index is 791. The number of aromatic nitrogens is 3. The van der Waals surface area contributed by atoms with Gasteiger partial charge in [0.05, 0.1) is 17.2 Å². The molecule has 0 bridgehead atoms. The maximum absolute atomic E-state index is 12.6. The zero-order chi connectivity index (χ0) is 17.7. The first-order chi connectivity index (χ1) is 11.4. The molecule has 0 saturated carbocycles. The van der Waals surface area contributed by atoms with E-state index in [0.717, 1.165) is 36.7 Å². The fourth-order valence-corrected chi connectivity index (χ4v) is 2.76. The van der Waals surface area contributed by atoms with E-state index in [1.807, 2.05) is 13.0 Å². The molecule has 1 N–H and O–H groups in total. The number of nitrogens with zero attached hydrogens (tertiary/aromatic N) is 4. The maximum atomic E-state index is 12.6. The van der Waals surface area contributed by atoms with Crippen LogP contribution >= 0.6 is 0 Å². The van der Waals surface area contributed by atoms with Crippen molar-refractivity contribution in [1.82, 2.24) is 19.0 Å². The summed E-state index contributed by atoms with van der Waals surface area (Å²) in [6.45, 7) is 6.84. The van der Waals surface area contributed by atoms with E-state index in [4.69, 9.17) is 5.11 Å². The lowest BCUT2D eigenvalue weighted by atomic mass is 10.2. The predicted molar refractivity (Wildman–Crippen MR) is 94.1 cm³/mol. The summed E-state index contributed by atoms with van der Waals surface area (Å²) < 4.78 is 3.35.